The molecule has 0 fully saturated rings. The molecule has 0 bridgehead atoms. The number of methoxy groups -OCH3 is 1. The number of nitrogens with one attached hydrogen (secondary N) is 1. The standard InChI is InChI=1S/C18H18N2O2S.BrH/c1-11-8-9-16-17(12(11)2)20-18(23-16)19-10-14(21)13-6-4-5-7-15(13)22-3;/h4-9H,10H2,1-3H3,(H,19,20);1H/p-1. The summed E-state index contributed by atoms with van der Waals surface area (Å²) in [6.07, 6.45) is 0. The van der Waals surface area contributed by atoms with E-state index in [1.165, 1.54) is 11.1 Å². The Labute approximate surface area is 155 Å². The summed E-state index contributed by atoms with van der Waals surface area (Å²) in [4.78, 5) is 17.0. The zero-order valence-electron chi connectivity index (χ0n) is 13.7. The summed E-state index contributed by atoms with van der Waals surface area (Å²) in [7, 11) is 1.57. The molecule has 24 heavy (non-hydrogen) atoms. The van der Waals surface area contributed by atoms with E-state index in [4.69, 9.17) is 4.74 Å². The number of Topliss-reactive ketones (excluding diaryl/α,β-unsaturated/α-hetero) is 1. The molecule has 1 N–H and O–H groups in total. The van der Waals surface area contributed by atoms with E-state index in [2.05, 4.69) is 36.3 Å². The molecule has 2 aromatic carbocycles. The summed E-state index contributed by atoms with van der Waals surface area (Å²) in [5.41, 5.74) is 3.99. The zero-order valence-corrected chi connectivity index (χ0v) is 16.1. The largest absolute Gasteiger partial charge is 1.00 e. The van der Waals surface area contributed by atoms with E-state index in [0.29, 0.717) is 11.3 Å². The van der Waals surface area contributed by atoms with Crippen LogP contribution in [0, 0.1) is 13.8 Å². The Hall–Kier alpha value is -1.92. The van der Waals surface area contributed by atoms with Crippen molar-refractivity contribution in [2.24, 2.45) is 0 Å². The molecule has 126 valence electrons. The van der Waals surface area contributed by atoms with Gasteiger partial charge >= 0.3 is 0 Å². The average Bonchev–Trinajstić information content (AvgIpc) is 3.00. The summed E-state index contributed by atoms with van der Waals surface area (Å²) in [5, 5.41) is 3.89. The molecule has 0 unspecified atom stereocenters. The van der Waals surface area contributed by atoms with Crippen molar-refractivity contribution in [1.82, 2.24) is 4.98 Å². The Morgan fingerprint density at radius 1 is 1.21 bits per heavy atom. The summed E-state index contributed by atoms with van der Waals surface area (Å²) in [6, 6.07) is 11.4. The minimum absolute atomic E-state index is 0. The quantitative estimate of drug-likeness (QED) is 0.648. The van der Waals surface area contributed by atoms with Gasteiger partial charge in [-0.25, -0.2) is 4.98 Å². The van der Waals surface area contributed by atoms with Crippen molar-refractivity contribution in [1.29, 1.82) is 0 Å². The Kier molecular flexibility index (Phi) is 5.96. The molecule has 4 nitrogen and oxygen atoms in total. The molecule has 0 saturated heterocycles. The van der Waals surface area contributed by atoms with Gasteiger partial charge in [0.1, 0.15) is 5.75 Å². The van der Waals surface area contributed by atoms with Crippen molar-refractivity contribution in [3.8, 4) is 5.75 Å². The highest BCUT2D eigenvalue weighted by molar-refractivity contribution is 7.22. The minimum Gasteiger partial charge on any atom is -1.00 e. The first-order valence-electron chi connectivity index (χ1n) is 7.37. The molecule has 0 spiro atoms. The van der Waals surface area contributed by atoms with E-state index >= 15 is 0 Å². The number of nitrogens with zero attached hydrogens (tertiary/aromatic N) is 1. The fourth-order valence-corrected chi connectivity index (χ4v) is 3.35. The molecule has 3 rings (SSSR count). The number of carbonyl (C=O) groups is 1. The van der Waals surface area contributed by atoms with Crippen LogP contribution < -0.4 is 27.0 Å². The maximum atomic E-state index is 12.4. The summed E-state index contributed by atoms with van der Waals surface area (Å²) < 4.78 is 6.36. The third-order valence-corrected chi connectivity index (χ3v) is 4.87. The van der Waals surface area contributed by atoms with Crippen molar-refractivity contribution < 1.29 is 26.5 Å². The fraction of sp³-hybridized carbons (Fsp3) is 0.222. The SMILES string of the molecule is COc1ccccc1C(=O)CNc1nc2c(C)c(C)ccc2s1.[Br-]. The van der Waals surface area contributed by atoms with Crippen LogP contribution >= 0.6 is 11.3 Å². The van der Waals surface area contributed by atoms with Gasteiger partial charge in [-0.1, -0.05) is 29.5 Å². The van der Waals surface area contributed by atoms with Gasteiger partial charge in [0.2, 0.25) is 0 Å². The second-order valence-corrected chi connectivity index (χ2v) is 6.38. The van der Waals surface area contributed by atoms with Crippen LogP contribution in [0.25, 0.3) is 10.2 Å². The number of carbonyl (C=O) groups excluding carboxylic acids is 1. The number of anilines is 1. The third-order valence-electron chi connectivity index (χ3n) is 3.89. The number of hydrogen-bond donors (Lipinski definition) is 1. The van der Waals surface area contributed by atoms with Gasteiger partial charge in [0.15, 0.2) is 10.9 Å². The van der Waals surface area contributed by atoms with E-state index in [1.54, 1.807) is 30.6 Å². The second-order valence-electron chi connectivity index (χ2n) is 5.35. The molecule has 3 aromatic rings. The van der Waals surface area contributed by atoms with Gasteiger partial charge in [-0.2, -0.15) is 0 Å². The highest BCUT2D eigenvalue weighted by Crippen LogP contribution is 2.29. The topological polar surface area (TPSA) is 51.2 Å². The van der Waals surface area contributed by atoms with Crippen molar-refractivity contribution in [3.63, 3.8) is 0 Å². The number of aromatic nitrogens is 1. The number of thiazole rings is 1. The van der Waals surface area contributed by atoms with Gasteiger partial charge in [0.25, 0.3) is 0 Å². The fourth-order valence-electron chi connectivity index (χ4n) is 2.43. The first-order valence-corrected chi connectivity index (χ1v) is 8.18. The normalized spacial score (nSPS) is 10.3. The first-order chi connectivity index (χ1) is 11.1. The summed E-state index contributed by atoms with van der Waals surface area (Å²) in [5.74, 6) is 0.574. The number of fused-ring (bicyclic) bond motifs is 1. The Balaban J connectivity index is 0.00000208. The summed E-state index contributed by atoms with van der Waals surface area (Å²) in [6.45, 7) is 4.34. The molecule has 1 heterocycles. The Morgan fingerprint density at radius 3 is 2.71 bits per heavy atom. The molecular formula is C18H18BrN2O2S-. The number of benzene rings is 2. The minimum atomic E-state index is -0.0189. The lowest BCUT2D eigenvalue weighted by atomic mass is 10.1. The van der Waals surface area contributed by atoms with Crippen molar-refractivity contribution >= 4 is 32.5 Å². The van der Waals surface area contributed by atoms with E-state index in [9.17, 15) is 4.79 Å². The summed E-state index contributed by atoms with van der Waals surface area (Å²) >= 11 is 1.56. The molecule has 0 amide bonds. The number of hydrogen-bond acceptors (Lipinski definition) is 5. The van der Waals surface area contributed by atoms with Crippen molar-refractivity contribution in [2.75, 3.05) is 19.0 Å². The zero-order chi connectivity index (χ0) is 16.4. The monoisotopic (exact) mass is 405 g/mol. The molecule has 0 atom stereocenters. The van der Waals surface area contributed by atoms with E-state index in [1.807, 2.05) is 12.1 Å². The lowest BCUT2D eigenvalue weighted by Crippen LogP contribution is -3.00. The van der Waals surface area contributed by atoms with Crippen LogP contribution in [0.3, 0.4) is 0 Å². The van der Waals surface area contributed by atoms with Crippen LogP contribution in [0.2, 0.25) is 0 Å². The van der Waals surface area contributed by atoms with E-state index in [-0.39, 0.29) is 29.3 Å². The Morgan fingerprint density at radius 2 is 1.96 bits per heavy atom. The number of ether oxygens (including phenoxy) is 1. The maximum absolute atomic E-state index is 12.4. The predicted octanol–water partition coefficient (Wildman–Crippen LogP) is 1.22. The van der Waals surface area contributed by atoms with Gasteiger partial charge in [-0.05, 0) is 43.2 Å². The van der Waals surface area contributed by atoms with Crippen molar-refractivity contribution in [2.45, 2.75) is 13.8 Å². The van der Waals surface area contributed by atoms with Gasteiger partial charge in [0, 0.05) is 0 Å². The highest BCUT2D eigenvalue weighted by atomic mass is 79.9. The van der Waals surface area contributed by atoms with Crippen molar-refractivity contribution in [3.05, 3.63) is 53.1 Å². The number of para-hydroxylation sites is 1. The number of halogens is 1. The van der Waals surface area contributed by atoms with Crippen LogP contribution in [-0.2, 0) is 0 Å². The van der Waals surface area contributed by atoms with E-state index < -0.39 is 0 Å². The van der Waals surface area contributed by atoms with Crippen LogP contribution in [-0.4, -0.2) is 24.4 Å². The van der Waals surface area contributed by atoms with Crippen LogP contribution in [0.1, 0.15) is 21.5 Å². The lowest BCUT2D eigenvalue weighted by molar-refractivity contribution is -0.0000128. The van der Waals surface area contributed by atoms with Gasteiger partial charge in [-0.15, -0.1) is 0 Å². The third kappa shape index (κ3) is 3.60. The van der Waals surface area contributed by atoms with E-state index in [0.717, 1.165) is 15.3 Å². The number of rotatable bonds is 5. The maximum Gasteiger partial charge on any atom is 0.185 e. The number of aryl methyl sites for hydroxylation is 2. The predicted molar refractivity (Wildman–Crippen MR) is 94.9 cm³/mol. The molecule has 0 aliphatic carbocycles. The van der Waals surface area contributed by atoms with Gasteiger partial charge < -0.3 is 27.0 Å². The molecule has 1 aromatic heterocycles. The molecular weight excluding hydrogens is 388 g/mol. The average molecular weight is 406 g/mol. The Bertz CT molecular complexity index is 877. The first kappa shape index (κ1) is 18.4. The number of ketones is 1. The van der Waals surface area contributed by atoms with Crippen LogP contribution in [0.4, 0.5) is 5.13 Å². The molecule has 0 aliphatic heterocycles. The molecule has 0 radical (unpaired) electrons. The lowest BCUT2D eigenvalue weighted by Gasteiger charge is -2.07. The van der Waals surface area contributed by atoms with Gasteiger partial charge in [0.05, 0.1) is 29.4 Å². The molecule has 0 aliphatic rings. The highest BCUT2D eigenvalue weighted by Gasteiger charge is 2.13. The van der Waals surface area contributed by atoms with Gasteiger partial charge in [-0.3, -0.25) is 4.79 Å². The van der Waals surface area contributed by atoms with Crippen LogP contribution in [0.5, 0.6) is 5.75 Å². The second kappa shape index (κ2) is 7.77. The van der Waals surface area contributed by atoms with Crippen LogP contribution in [0.15, 0.2) is 36.4 Å². The smallest absolute Gasteiger partial charge is 0.185 e. The molecule has 6 heteroatoms. The molecule has 0 saturated carbocycles.